The van der Waals surface area contributed by atoms with Crippen LogP contribution >= 0.6 is 0 Å². The zero-order valence-corrected chi connectivity index (χ0v) is 15.8. The van der Waals surface area contributed by atoms with Crippen molar-refractivity contribution in [2.75, 3.05) is 5.32 Å². The van der Waals surface area contributed by atoms with E-state index in [4.69, 9.17) is 5.11 Å². The fourth-order valence-corrected chi connectivity index (χ4v) is 3.06. The number of rotatable bonds is 10. The third-order valence-electron chi connectivity index (χ3n) is 4.48. The van der Waals surface area contributed by atoms with Gasteiger partial charge in [-0.25, -0.2) is 0 Å². The number of pyridine rings is 1. The van der Waals surface area contributed by atoms with E-state index in [2.05, 4.69) is 10.3 Å². The molecule has 2 aromatic rings. The molecule has 0 saturated carbocycles. The van der Waals surface area contributed by atoms with Crippen LogP contribution in [0.15, 0.2) is 29.1 Å². The molecule has 1 aromatic heterocycles. The molecule has 0 spiro atoms. The predicted molar refractivity (Wildman–Crippen MR) is 103 cm³/mol. The van der Waals surface area contributed by atoms with Crippen molar-refractivity contribution in [1.29, 1.82) is 0 Å². The number of halogens is 3. The molecule has 2 rings (SSSR count). The lowest BCUT2D eigenvalue weighted by Crippen LogP contribution is -2.15. The molecule has 1 amide bonds. The van der Waals surface area contributed by atoms with Crippen LogP contribution in [0.25, 0.3) is 10.9 Å². The quantitative estimate of drug-likeness (QED) is 0.493. The summed E-state index contributed by atoms with van der Waals surface area (Å²) < 4.78 is 39.5. The van der Waals surface area contributed by atoms with Crippen molar-refractivity contribution in [2.24, 2.45) is 0 Å². The Morgan fingerprint density at radius 1 is 0.966 bits per heavy atom. The number of hydrogen-bond donors (Lipinski definition) is 3. The molecule has 0 fully saturated rings. The van der Waals surface area contributed by atoms with E-state index in [9.17, 15) is 27.6 Å². The second kappa shape index (κ2) is 10.1. The van der Waals surface area contributed by atoms with Crippen molar-refractivity contribution in [3.05, 3.63) is 40.2 Å². The van der Waals surface area contributed by atoms with Crippen LogP contribution < -0.4 is 10.9 Å². The molecule has 0 unspecified atom stereocenters. The van der Waals surface area contributed by atoms with Gasteiger partial charge in [-0.1, -0.05) is 25.7 Å². The van der Waals surface area contributed by atoms with Crippen molar-refractivity contribution >= 4 is 28.5 Å². The van der Waals surface area contributed by atoms with E-state index in [1.807, 2.05) is 0 Å². The number of carbonyl (C=O) groups is 2. The fraction of sp³-hybridized carbons (Fsp3) is 0.450. The van der Waals surface area contributed by atoms with Crippen molar-refractivity contribution in [3.8, 4) is 0 Å². The van der Waals surface area contributed by atoms with Gasteiger partial charge in [0.1, 0.15) is 0 Å². The van der Waals surface area contributed by atoms with Crippen molar-refractivity contribution in [3.63, 3.8) is 0 Å². The van der Waals surface area contributed by atoms with Crippen LogP contribution in [0.4, 0.5) is 18.9 Å². The van der Waals surface area contributed by atoms with Crippen LogP contribution in [0, 0.1) is 0 Å². The number of carboxylic acid groups (broad SMARTS) is 1. The number of H-pyrrole nitrogens is 1. The summed E-state index contributed by atoms with van der Waals surface area (Å²) >= 11 is 0. The summed E-state index contributed by atoms with van der Waals surface area (Å²) in [6, 6.07) is 4.48. The number of aromatic amines is 1. The first-order valence-electron chi connectivity index (χ1n) is 9.43. The number of amides is 1. The van der Waals surface area contributed by atoms with E-state index in [0.717, 1.165) is 25.7 Å². The normalized spacial score (nSPS) is 11.6. The molecule has 9 heteroatoms. The molecule has 1 heterocycles. The maximum atomic E-state index is 13.2. The highest BCUT2D eigenvalue weighted by atomic mass is 19.4. The molecule has 3 N–H and O–H groups in total. The average Bonchev–Trinajstić information content (AvgIpc) is 2.62. The molecule has 0 bridgehead atoms. The van der Waals surface area contributed by atoms with E-state index in [0.29, 0.717) is 18.9 Å². The van der Waals surface area contributed by atoms with Gasteiger partial charge in [-0.05, 0) is 31.0 Å². The summed E-state index contributed by atoms with van der Waals surface area (Å²) in [4.78, 5) is 36.2. The SMILES string of the molecule is O=C(O)CCCCCCCCC(=O)Nc1ccc2[nH]c(=O)cc(C(F)(F)F)c2c1. The van der Waals surface area contributed by atoms with E-state index in [1.165, 1.54) is 18.2 Å². The first kappa shape index (κ1) is 22.4. The van der Waals surface area contributed by atoms with Gasteiger partial charge < -0.3 is 15.4 Å². The number of nitrogens with one attached hydrogen (secondary N) is 2. The minimum absolute atomic E-state index is 0.0470. The van der Waals surface area contributed by atoms with Crippen LogP contribution in [-0.4, -0.2) is 22.0 Å². The number of carboxylic acids is 1. The summed E-state index contributed by atoms with van der Waals surface area (Å²) in [5, 5.41) is 10.9. The summed E-state index contributed by atoms with van der Waals surface area (Å²) in [6.45, 7) is 0. The fourth-order valence-electron chi connectivity index (χ4n) is 3.06. The van der Waals surface area contributed by atoms with Crippen molar-refractivity contribution < 1.29 is 27.9 Å². The van der Waals surface area contributed by atoms with Gasteiger partial charge in [0.2, 0.25) is 11.5 Å². The zero-order valence-electron chi connectivity index (χ0n) is 15.8. The van der Waals surface area contributed by atoms with Gasteiger partial charge >= 0.3 is 12.1 Å². The van der Waals surface area contributed by atoms with Gasteiger partial charge in [-0.15, -0.1) is 0 Å². The van der Waals surface area contributed by atoms with Crippen LogP contribution in [-0.2, 0) is 15.8 Å². The Morgan fingerprint density at radius 3 is 2.21 bits per heavy atom. The van der Waals surface area contributed by atoms with Gasteiger partial charge in [0.05, 0.1) is 5.56 Å². The highest BCUT2D eigenvalue weighted by Crippen LogP contribution is 2.34. The molecule has 0 saturated heterocycles. The molecule has 158 valence electrons. The summed E-state index contributed by atoms with van der Waals surface area (Å²) in [6.07, 6.45) is 0.450. The molecule has 1 aromatic carbocycles. The third kappa shape index (κ3) is 7.24. The maximum absolute atomic E-state index is 13.2. The van der Waals surface area contributed by atoms with Gasteiger partial charge in [0.25, 0.3) is 0 Å². The Kier molecular flexibility index (Phi) is 7.81. The molecule has 0 radical (unpaired) electrons. The Morgan fingerprint density at radius 2 is 1.59 bits per heavy atom. The number of unbranched alkanes of at least 4 members (excludes halogenated alkanes) is 5. The molecule has 6 nitrogen and oxygen atoms in total. The van der Waals surface area contributed by atoms with E-state index >= 15 is 0 Å². The van der Waals surface area contributed by atoms with Gasteiger partial charge in [0.15, 0.2) is 0 Å². The van der Waals surface area contributed by atoms with E-state index in [1.54, 1.807) is 0 Å². The minimum Gasteiger partial charge on any atom is -0.481 e. The Hall–Kier alpha value is -2.84. The van der Waals surface area contributed by atoms with Gasteiger partial charge in [-0.3, -0.25) is 14.4 Å². The predicted octanol–water partition coefficient (Wildman–Crippen LogP) is 4.69. The first-order valence-corrected chi connectivity index (χ1v) is 9.43. The van der Waals surface area contributed by atoms with Crippen LogP contribution in [0.1, 0.15) is 56.9 Å². The largest absolute Gasteiger partial charge is 0.481 e. The van der Waals surface area contributed by atoms with Crippen LogP contribution in [0.3, 0.4) is 0 Å². The molecule has 0 aliphatic rings. The van der Waals surface area contributed by atoms with Crippen LogP contribution in [0.2, 0.25) is 0 Å². The van der Waals surface area contributed by atoms with E-state index in [-0.39, 0.29) is 35.3 Å². The van der Waals surface area contributed by atoms with Crippen molar-refractivity contribution in [2.45, 2.75) is 57.5 Å². The monoisotopic (exact) mass is 412 g/mol. The maximum Gasteiger partial charge on any atom is 0.417 e. The van der Waals surface area contributed by atoms with E-state index < -0.39 is 23.3 Å². The second-order valence-corrected chi connectivity index (χ2v) is 6.87. The topological polar surface area (TPSA) is 99.3 Å². The number of fused-ring (bicyclic) bond motifs is 1. The molecule has 0 atom stereocenters. The number of alkyl halides is 3. The van der Waals surface area contributed by atoms with Gasteiger partial charge in [0, 0.05) is 35.5 Å². The molecule has 0 aliphatic heterocycles. The number of hydrogen-bond acceptors (Lipinski definition) is 3. The number of aliphatic carboxylic acids is 1. The summed E-state index contributed by atoms with van der Waals surface area (Å²) in [7, 11) is 0. The Balaban J connectivity index is 1.87. The summed E-state index contributed by atoms with van der Waals surface area (Å²) in [5.74, 6) is -1.10. The zero-order chi connectivity index (χ0) is 21.4. The smallest absolute Gasteiger partial charge is 0.417 e. The third-order valence-corrected chi connectivity index (χ3v) is 4.48. The van der Waals surface area contributed by atoms with Crippen molar-refractivity contribution in [1.82, 2.24) is 4.98 Å². The Labute approximate surface area is 165 Å². The molecule has 29 heavy (non-hydrogen) atoms. The standard InChI is InChI=1S/C20H23F3N2O4/c21-20(22,23)15-12-18(27)25-16-10-9-13(11-14(15)16)24-17(26)7-5-3-1-2-4-6-8-19(28)29/h9-12H,1-8H2,(H,24,26)(H,25,27)(H,28,29). The number of aromatic nitrogens is 1. The highest BCUT2D eigenvalue weighted by Gasteiger charge is 2.33. The lowest BCUT2D eigenvalue weighted by molar-refractivity contribution is -0.137. The minimum atomic E-state index is -4.68. The van der Waals surface area contributed by atoms with Gasteiger partial charge in [-0.2, -0.15) is 13.2 Å². The average molecular weight is 412 g/mol. The number of benzene rings is 1. The first-order chi connectivity index (χ1) is 13.7. The number of anilines is 1. The molecular weight excluding hydrogens is 389 g/mol. The lowest BCUT2D eigenvalue weighted by atomic mass is 10.1. The lowest BCUT2D eigenvalue weighted by Gasteiger charge is -2.12. The molecular formula is C20H23F3N2O4. The molecule has 0 aliphatic carbocycles. The Bertz CT molecular complexity index is 922. The highest BCUT2D eigenvalue weighted by molar-refractivity contribution is 5.94. The number of carbonyl (C=O) groups excluding carboxylic acids is 1. The van der Waals surface area contributed by atoms with Crippen LogP contribution in [0.5, 0.6) is 0 Å². The summed E-state index contributed by atoms with van der Waals surface area (Å²) in [5.41, 5.74) is -1.61. The second-order valence-electron chi connectivity index (χ2n) is 6.87.